The highest BCUT2D eigenvalue weighted by atomic mass is 15.3. The molecule has 6 nitrogen and oxygen atoms in total. The van der Waals surface area contributed by atoms with Crippen LogP contribution in [0.2, 0.25) is 0 Å². The average Bonchev–Trinajstić information content (AvgIpc) is 3.27. The molecule has 2 heterocycles. The summed E-state index contributed by atoms with van der Waals surface area (Å²) in [5, 5.41) is 24.7. The molecule has 0 atom stereocenters. The fourth-order valence-corrected chi connectivity index (χ4v) is 3.02. The first-order chi connectivity index (χ1) is 13.2. The number of nitrogens with zero attached hydrogens (tertiary/aromatic N) is 4. The van der Waals surface area contributed by atoms with E-state index in [4.69, 9.17) is 5.73 Å². The van der Waals surface area contributed by atoms with Crippen LogP contribution in [0, 0.1) is 22.7 Å². The molecule has 128 valence electrons. The summed E-state index contributed by atoms with van der Waals surface area (Å²) < 4.78 is 1.48. The molecule has 0 aliphatic rings. The third kappa shape index (κ3) is 2.72. The number of nitrogens with one attached hydrogen (secondary N) is 1. The van der Waals surface area contributed by atoms with Gasteiger partial charge in [0, 0.05) is 22.7 Å². The quantitative estimate of drug-likeness (QED) is 0.547. The van der Waals surface area contributed by atoms with E-state index >= 15 is 0 Å². The molecular formula is C21H14N6. The average molecular weight is 350 g/mol. The van der Waals surface area contributed by atoms with Crippen molar-refractivity contribution < 1.29 is 0 Å². The molecule has 3 N–H and O–H groups in total. The Morgan fingerprint density at radius 2 is 1.81 bits per heavy atom. The van der Waals surface area contributed by atoms with Crippen LogP contribution in [-0.4, -0.2) is 14.8 Å². The Morgan fingerprint density at radius 1 is 1.07 bits per heavy atom. The first kappa shape index (κ1) is 16.2. The molecule has 0 radical (unpaired) electrons. The summed E-state index contributed by atoms with van der Waals surface area (Å²) in [6.45, 7) is 0. The molecule has 2 aromatic carbocycles. The van der Waals surface area contributed by atoms with Gasteiger partial charge in [-0.05, 0) is 24.3 Å². The molecule has 27 heavy (non-hydrogen) atoms. The van der Waals surface area contributed by atoms with Crippen LogP contribution in [0.3, 0.4) is 0 Å². The molecule has 0 unspecified atom stereocenters. The van der Waals surface area contributed by atoms with E-state index in [1.807, 2.05) is 60.8 Å². The second-order valence-corrected chi connectivity index (χ2v) is 5.93. The number of H-pyrrole nitrogens is 1. The summed E-state index contributed by atoms with van der Waals surface area (Å²) in [4.78, 5) is 3.17. The maximum absolute atomic E-state index is 9.71. The lowest BCUT2D eigenvalue weighted by molar-refractivity contribution is 0.885. The fraction of sp³-hybridized carbons (Fsp3) is 0. The molecule has 2 aromatic heterocycles. The van der Waals surface area contributed by atoms with Crippen molar-refractivity contribution in [3.63, 3.8) is 0 Å². The fourth-order valence-electron chi connectivity index (χ4n) is 3.02. The highest BCUT2D eigenvalue weighted by Crippen LogP contribution is 2.28. The number of hydrogen-bond donors (Lipinski definition) is 2. The van der Waals surface area contributed by atoms with Crippen molar-refractivity contribution in [1.29, 1.82) is 10.5 Å². The molecule has 0 amide bonds. The number of hydrogen-bond acceptors (Lipinski definition) is 4. The zero-order chi connectivity index (χ0) is 18.8. The third-order valence-corrected chi connectivity index (χ3v) is 4.33. The number of nitrogens with two attached hydrogens (primary N) is 1. The van der Waals surface area contributed by atoms with Crippen molar-refractivity contribution in [3.05, 3.63) is 77.6 Å². The van der Waals surface area contributed by atoms with Crippen molar-refractivity contribution >= 4 is 28.4 Å². The van der Waals surface area contributed by atoms with Crippen LogP contribution in [0.4, 0.5) is 5.82 Å². The van der Waals surface area contributed by atoms with E-state index in [1.165, 1.54) is 4.68 Å². The van der Waals surface area contributed by atoms with E-state index in [0.717, 1.165) is 22.2 Å². The van der Waals surface area contributed by atoms with Crippen molar-refractivity contribution in [1.82, 2.24) is 14.8 Å². The molecule has 0 spiro atoms. The van der Waals surface area contributed by atoms with Gasteiger partial charge in [0.1, 0.15) is 29.2 Å². The molecular weight excluding hydrogens is 336 g/mol. The predicted molar refractivity (Wildman–Crippen MR) is 104 cm³/mol. The molecule has 0 fully saturated rings. The smallest absolute Gasteiger partial charge is 0.145 e. The van der Waals surface area contributed by atoms with Crippen molar-refractivity contribution in [2.24, 2.45) is 0 Å². The highest BCUT2D eigenvalue weighted by molar-refractivity contribution is 5.98. The number of anilines is 1. The summed E-state index contributed by atoms with van der Waals surface area (Å²) in [6.07, 6.45) is 3.54. The Hall–Kier alpha value is -4.29. The molecule has 0 saturated carbocycles. The van der Waals surface area contributed by atoms with Crippen LogP contribution in [0.15, 0.2) is 60.8 Å². The van der Waals surface area contributed by atoms with E-state index in [1.54, 1.807) is 6.08 Å². The SMILES string of the molecule is N#C/C(=C\c1c[nH]c2ccccc12)c1nn(-c2ccccc2)c(N)c1C#N. The van der Waals surface area contributed by atoms with Gasteiger partial charge in [-0.1, -0.05) is 36.4 Å². The lowest BCUT2D eigenvalue weighted by Crippen LogP contribution is -2.02. The molecule has 0 aliphatic carbocycles. The van der Waals surface area contributed by atoms with Gasteiger partial charge in [0.05, 0.1) is 11.3 Å². The minimum absolute atomic E-state index is 0.187. The molecule has 0 bridgehead atoms. The van der Waals surface area contributed by atoms with Crippen LogP contribution < -0.4 is 5.73 Å². The van der Waals surface area contributed by atoms with Gasteiger partial charge in [-0.15, -0.1) is 0 Å². The normalized spacial score (nSPS) is 11.3. The minimum Gasteiger partial charge on any atom is -0.382 e. The van der Waals surface area contributed by atoms with Crippen molar-refractivity contribution in [3.8, 4) is 17.8 Å². The van der Waals surface area contributed by atoms with Gasteiger partial charge in [-0.2, -0.15) is 15.6 Å². The molecule has 0 saturated heterocycles. The maximum atomic E-state index is 9.71. The van der Waals surface area contributed by atoms with Gasteiger partial charge in [0.2, 0.25) is 0 Å². The number of para-hydroxylation sites is 2. The number of fused-ring (bicyclic) bond motifs is 1. The lowest BCUT2D eigenvalue weighted by atomic mass is 10.1. The van der Waals surface area contributed by atoms with E-state index < -0.39 is 0 Å². The highest BCUT2D eigenvalue weighted by Gasteiger charge is 2.20. The number of rotatable bonds is 3. The predicted octanol–water partition coefficient (Wildman–Crippen LogP) is 3.87. The van der Waals surface area contributed by atoms with Gasteiger partial charge in [0.25, 0.3) is 0 Å². The zero-order valence-electron chi connectivity index (χ0n) is 14.2. The Bertz CT molecular complexity index is 1250. The largest absolute Gasteiger partial charge is 0.382 e. The minimum atomic E-state index is 0.187. The van der Waals surface area contributed by atoms with Gasteiger partial charge < -0.3 is 10.7 Å². The van der Waals surface area contributed by atoms with Crippen molar-refractivity contribution in [2.75, 3.05) is 5.73 Å². The second-order valence-electron chi connectivity index (χ2n) is 5.93. The Morgan fingerprint density at radius 3 is 2.56 bits per heavy atom. The van der Waals surface area contributed by atoms with Crippen LogP contribution in [0.1, 0.15) is 16.8 Å². The number of benzene rings is 2. The summed E-state index contributed by atoms with van der Waals surface area (Å²) in [7, 11) is 0. The third-order valence-electron chi connectivity index (χ3n) is 4.33. The first-order valence-corrected chi connectivity index (χ1v) is 8.25. The van der Waals surface area contributed by atoms with E-state index in [-0.39, 0.29) is 22.6 Å². The van der Waals surface area contributed by atoms with Crippen LogP contribution in [-0.2, 0) is 0 Å². The lowest BCUT2D eigenvalue weighted by Gasteiger charge is -2.02. The molecule has 0 aliphatic heterocycles. The van der Waals surface area contributed by atoms with Crippen molar-refractivity contribution in [2.45, 2.75) is 0 Å². The summed E-state index contributed by atoms with van der Waals surface area (Å²) in [5.41, 5.74) is 9.41. The van der Waals surface area contributed by atoms with E-state index in [9.17, 15) is 10.5 Å². The number of aromatic amines is 1. The molecule has 6 heteroatoms. The zero-order valence-corrected chi connectivity index (χ0v) is 14.2. The second kappa shape index (κ2) is 6.55. The number of nitriles is 2. The van der Waals surface area contributed by atoms with Gasteiger partial charge in [-0.25, -0.2) is 4.68 Å². The summed E-state index contributed by atoms with van der Waals surface area (Å²) in [5.74, 6) is 0.207. The maximum Gasteiger partial charge on any atom is 0.145 e. The van der Waals surface area contributed by atoms with Gasteiger partial charge in [-0.3, -0.25) is 0 Å². The molecule has 4 rings (SSSR count). The Kier molecular flexibility index (Phi) is 3.93. The number of nitrogen functional groups attached to an aromatic ring is 1. The Balaban J connectivity index is 1.89. The standard InChI is InChI=1S/C21H14N6/c22-11-14(10-15-13-25-19-9-5-4-8-17(15)19)20-18(12-23)21(24)27(26-20)16-6-2-1-3-7-16/h1-10,13,25H,24H2/b14-10+. The number of allylic oxidation sites excluding steroid dienone is 1. The van der Waals surface area contributed by atoms with Gasteiger partial charge in [0.15, 0.2) is 0 Å². The van der Waals surface area contributed by atoms with Gasteiger partial charge >= 0.3 is 0 Å². The summed E-state index contributed by atoms with van der Waals surface area (Å²) in [6, 6.07) is 21.3. The molecule has 4 aromatic rings. The van der Waals surface area contributed by atoms with Crippen LogP contribution in [0.5, 0.6) is 0 Å². The monoisotopic (exact) mass is 350 g/mol. The van der Waals surface area contributed by atoms with E-state index in [2.05, 4.69) is 22.2 Å². The van der Waals surface area contributed by atoms with Crippen LogP contribution >= 0.6 is 0 Å². The topological polar surface area (TPSA) is 107 Å². The number of aromatic nitrogens is 3. The first-order valence-electron chi connectivity index (χ1n) is 8.25. The summed E-state index contributed by atoms with van der Waals surface area (Å²) >= 11 is 0. The Labute approximate surface area is 155 Å². The van der Waals surface area contributed by atoms with Crippen LogP contribution in [0.25, 0.3) is 28.2 Å². The van der Waals surface area contributed by atoms with E-state index in [0.29, 0.717) is 0 Å².